The third-order valence-electron chi connectivity index (χ3n) is 7.32. The van der Waals surface area contributed by atoms with Gasteiger partial charge < -0.3 is 9.47 Å². The molecule has 5 rings (SSSR count). The smallest absolute Gasteiger partial charge is 0.175 e. The summed E-state index contributed by atoms with van der Waals surface area (Å²) in [6.07, 6.45) is 7.37. The number of nitrogens with zero attached hydrogens (tertiary/aromatic N) is 3. The Kier molecular flexibility index (Phi) is 7.07. The minimum absolute atomic E-state index is 0.119. The van der Waals surface area contributed by atoms with Crippen molar-refractivity contribution in [1.82, 2.24) is 20.6 Å². The summed E-state index contributed by atoms with van der Waals surface area (Å²) in [6, 6.07) is 13.6. The highest BCUT2D eigenvalue weighted by molar-refractivity contribution is 5.33. The summed E-state index contributed by atoms with van der Waals surface area (Å²) in [6.45, 7) is 3.25. The van der Waals surface area contributed by atoms with Crippen molar-refractivity contribution in [3.8, 4) is 11.5 Å². The fourth-order valence-corrected chi connectivity index (χ4v) is 5.30. The molecule has 2 saturated carbocycles. The van der Waals surface area contributed by atoms with Crippen molar-refractivity contribution in [2.75, 3.05) is 13.2 Å². The summed E-state index contributed by atoms with van der Waals surface area (Å²) in [5.41, 5.74) is 2.09. The lowest BCUT2D eigenvalue weighted by Crippen LogP contribution is -2.20. The number of benzene rings is 2. The van der Waals surface area contributed by atoms with Crippen LogP contribution in [-0.4, -0.2) is 33.8 Å². The highest BCUT2D eigenvalue weighted by atomic mass is 19.1. The zero-order chi connectivity index (χ0) is 23.3. The van der Waals surface area contributed by atoms with Gasteiger partial charge in [0.05, 0.1) is 13.2 Å². The van der Waals surface area contributed by atoms with Crippen LogP contribution in [0.4, 0.5) is 4.39 Å². The van der Waals surface area contributed by atoms with Crippen LogP contribution in [0.1, 0.15) is 74.2 Å². The summed E-state index contributed by atoms with van der Waals surface area (Å²) in [7, 11) is 0. The normalized spacial score (nSPS) is 21.2. The highest BCUT2D eigenvalue weighted by Crippen LogP contribution is 2.44. The highest BCUT2D eigenvalue weighted by Gasteiger charge is 2.33. The van der Waals surface area contributed by atoms with Gasteiger partial charge in [-0.3, -0.25) is 0 Å². The van der Waals surface area contributed by atoms with Crippen LogP contribution in [0.25, 0.3) is 0 Å². The van der Waals surface area contributed by atoms with E-state index < -0.39 is 0 Å². The van der Waals surface area contributed by atoms with Gasteiger partial charge in [0.15, 0.2) is 5.82 Å². The Morgan fingerprint density at radius 3 is 2.56 bits per heavy atom. The van der Waals surface area contributed by atoms with E-state index in [0.717, 1.165) is 55.0 Å². The van der Waals surface area contributed by atoms with Crippen LogP contribution in [0, 0.1) is 17.7 Å². The van der Waals surface area contributed by atoms with Crippen molar-refractivity contribution in [3.05, 3.63) is 65.2 Å². The maximum atomic E-state index is 14.5. The topological polar surface area (TPSA) is 72.9 Å². The second-order valence-corrected chi connectivity index (χ2v) is 9.69. The summed E-state index contributed by atoms with van der Waals surface area (Å²) < 4.78 is 26.3. The molecule has 180 valence electrons. The molecule has 0 bridgehead atoms. The Morgan fingerprint density at radius 2 is 1.82 bits per heavy atom. The van der Waals surface area contributed by atoms with E-state index in [1.807, 2.05) is 19.1 Å². The van der Waals surface area contributed by atoms with E-state index in [9.17, 15) is 4.39 Å². The van der Waals surface area contributed by atoms with Gasteiger partial charge in [-0.1, -0.05) is 17.3 Å². The van der Waals surface area contributed by atoms with Crippen molar-refractivity contribution in [3.63, 3.8) is 0 Å². The molecule has 0 amide bonds. The van der Waals surface area contributed by atoms with Gasteiger partial charge in [-0.2, -0.15) is 5.21 Å². The second kappa shape index (κ2) is 10.5. The second-order valence-electron chi connectivity index (χ2n) is 9.69. The van der Waals surface area contributed by atoms with Crippen LogP contribution in [-0.2, 0) is 6.42 Å². The number of nitrogens with one attached hydrogen (secondary N) is 1. The third-order valence-corrected chi connectivity index (χ3v) is 7.32. The van der Waals surface area contributed by atoms with Gasteiger partial charge in [-0.05, 0) is 111 Å². The number of ether oxygens (including phenoxy) is 2. The molecule has 2 aliphatic rings. The van der Waals surface area contributed by atoms with Gasteiger partial charge >= 0.3 is 0 Å². The number of hydrogen-bond donors (Lipinski definition) is 1. The van der Waals surface area contributed by atoms with Crippen LogP contribution in [0.5, 0.6) is 11.5 Å². The van der Waals surface area contributed by atoms with E-state index in [4.69, 9.17) is 9.47 Å². The number of rotatable bonds is 10. The monoisotopic (exact) mass is 464 g/mol. The lowest BCUT2D eigenvalue weighted by atomic mass is 9.79. The molecule has 3 aromatic rings. The first-order valence-corrected chi connectivity index (χ1v) is 12.6. The van der Waals surface area contributed by atoms with Gasteiger partial charge in [0.2, 0.25) is 0 Å². The van der Waals surface area contributed by atoms with E-state index >= 15 is 0 Å². The minimum atomic E-state index is -0.119. The molecule has 2 aromatic carbocycles. The first kappa shape index (κ1) is 22.8. The van der Waals surface area contributed by atoms with Crippen molar-refractivity contribution >= 4 is 0 Å². The molecule has 2 fully saturated rings. The fourth-order valence-electron chi connectivity index (χ4n) is 5.30. The molecule has 1 N–H and O–H groups in total. The molecule has 0 saturated heterocycles. The van der Waals surface area contributed by atoms with Crippen LogP contribution >= 0.6 is 0 Å². The van der Waals surface area contributed by atoms with Crippen molar-refractivity contribution < 1.29 is 13.9 Å². The maximum absolute atomic E-state index is 14.5. The molecule has 2 aliphatic carbocycles. The zero-order valence-electron chi connectivity index (χ0n) is 19.8. The predicted molar refractivity (Wildman–Crippen MR) is 128 cm³/mol. The average molecular weight is 465 g/mol. The van der Waals surface area contributed by atoms with Crippen molar-refractivity contribution in [1.29, 1.82) is 0 Å². The largest absolute Gasteiger partial charge is 0.494 e. The Morgan fingerprint density at radius 1 is 1.00 bits per heavy atom. The standard InChI is InChI=1S/C27H33FN4O2/c1-2-33-23-12-13-26(28)25(15-23)20-8-6-18(7-9-20)17-34-22-5-3-4-21(14-22)24(19-10-11-19)16-27-29-31-32-30-27/h3-5,12-15,18-20,24H,2,6-11,16-17H2,1H3,(H,29,30,31,32)/t18?,20?,24-/m0/s1. The maximum Gasteiger partial charge on any atom is 0.175 e. The molecule has 1 atom stereocenters. The zero-order valence-corrected chi connectivity index (χ0v) is 19.8. The van der Waals surface area contributed by atoms with Crippen LogP contribution < -0.4 is 9.47 Å². The molecule has 6 nitrogen and oxygen atoms in total. The lowest BCUT2D eigenvalue weighted by molar-refractivity contribution is 0.199. The Balaban J connectivity index is 1.16. The van der Waals surface area contributed by atoms with Gasteiger partial charge in [-0.15, -0.1) is 10.2 Å². The SMILES string of the molecule is CCOc1ccc(F)c(C2CCC(COc3cccc([C@@H](Cc4nn[nH]n4)C4CC4)c3)CC2)c1. The van der Waals surface area contributed by atoms with E-state index in [2.05, 4.69) is 38.8 Å². The summed E-state index contributed by atoms with van der Waals surface area (Å²) in [5, 5.41) is 14.6. The average Bonchev–Trinajstić information content (AvgIpc) is 3.58. The first-order chi connectivity index (χ1) is 16.7. The Bertz CT molecular complexity index is 1060. The van der Waals surface area contributed by atoms with Gasteiger partial charge in [0, 0.05) is 6.42 Å². The molecule has 0 radical (unpaired) electrons. The van der Waals surface area contributed by atoms with Gasteiger partial charge in [-0.25, -0.2) is 4.39 Å². The van der Waals surface area contributed by atoms with E-state index in [0.29, 0.717) is 31.0 Å². The molecule has 7 heteroatoms. The molecule has 0 spiro atoms. The molecule has 0 unspecified atom stereocenters. The molecule has 34 heavy (non-hydrogen) atoms. The summed E-state index contributed by atoms with van der Waals surface area (Å²) in [5.74, 6) is 4.17. The van der Waals surface area contributed by atoms with Crippen molar-refractivity contribution in [2.24, 2.45) is 11.8 Å². The van der Waals surface area contributed by atoms with Crippen molar-refractivity contribution in [2.45, 2.75) is 63.7 Å². The number of hydrogen-bond acceptors (Lipinski definition) is 5. The fraction of sp³-hybridized carbons (Fsp3) is 0.519. The number of aromatic nitrogens is 4. The number of H-pyrrole nitrogens is 1. The van der Waals surface area contributed by atoms with E-state index in [1.54, 1.807) is 6.07 Å². The van der Waals surface area contributed by atoms with E-state index in [1.165, 1.54) is 24.5 Å². The predicted octanol–water partition coefficient (Wildman–Crippen LogP) is 5.83. The van der Waals surface area contributed by atoms with Crippen LogP contribution in [0.15, 0.2) is 42.5 Å². The summed E-state index contributed by atoms with van der Waals surface area (Å²) >= 11 is 0. The Hall–Kier alpha value is -2.96. The quantitative estimate of drug-likeness (QED) is 0.409. The molecule has 0 aliphatic heterocycles. The van der Waals surface area contributed by atoms with Gasteiger partial charge in [0.25, 0.3) is 0 Å². The van der Waals surface area contributed by atoms with Gasteiger partial charge in [0.1, 0.15) is 17.3 Å². The first-order valence-electron chi connectivity index (χ1n) is 12.6. The number of aromatic amines is 1. The lowest BCUT2D eigenvalue weighted by Gasteiger charge is -2.29. The molecular formula is C27H33FN4O2. The number of tetrazole rings is 1. The van der Waals surface area contributed by atoms with E-state index in [-0.39, 0.29) is 11.7 Å². The summed E-state index contributed by atoms with van der Waals surface area (Å²) in [4.78, 5) is 0. The molecular weight excluding hydrogens is 431 g/mol. The minimum Gasteiger partial charge on any atom is -0.494 e. The molecule has 1 aromatic heterocycles. The van der Waals surface area contributed by atoms with Crippen LogP contribution in [0.3, 0.4) is 0 Å². The number of halogens is 1. The third kappa shape index (κ3) is 5.57. The Labute approximate surface area is 200 Å². The molecule has 1 heterocycles. The van der Waals surface area contributed by atoms with Crippen LogP contribution in [0.2, 0.25) is 0 Å².